The Kier molecular flexibility index (Phi) is 4.87. The Balaban J connectivity index is 1.73. The van der Waals surface area contributed by atoms with Crippen LogP contribution in [-0.2, 0) is 0 Å². The van der Waals surface area contributed by atoms with Crippen LogP contribution in [-0.4, -0.2) is 30.1 Å². The fourth-order valence-electron chi connectivity index (χ4n) is 3.70. The van der Waals surface area contributed by atoms with E-state index in [2.05, 4.69) is 11.8 Å². The smallest absolute Gasteiger partial charge is 0.0283 e. The molecule has 0 aromatic rings. The molecule has 0 aromatic carbocycles. The first-order valence-corrected chi connectivity index (χ1v) is 7.73. The maximum atomic E-state index is 6.54. The average molecular weight is 238 g/mol. The lowest BCUT2D eigenvalue weighted by molar-refractivity contribution is 0.126. The van der Waals surface area contributed by atoms with Crippen LogP contribution < -0.4 is 5.73 Å². The third kappa shape index (κ3) is 3.96. The summed E-state index contributed by atoms with van der Waals surface area (Å²) in [6.45, 7) is 6.06. The minimum absolute atomic E-state index is 0.149. The van der Waals surface area contributed by atoms with Gasteiger partial charge in [0.15, 0.2) is 0 Å². The van der Waals surface area contributed by atoms with Gasteiger partial charge in [-0.2, -0.15) is 0 Å². The van der Waals surface area contributed by atoms with Gasteiger partial charge in [0, 0.05) is 12.1 Å². The number of likely N-dealkylation sites (tertiary alicyclic amines) is 1. The molecule has 0 aromatic heterocycles. The van der Waals surface area contributed by atoms with Crippen molar-refractivity contribution in [3.05, 3.63) is 0 Å². The van der Waals surface area contributed by atoms with Crippen LogP contribution in [0, 0.1) is 5.92 Å². The van der Waals surface area contributed by atoms with Crippen molar-refractivity contribution >= 4 is 0 Å². The van der Waals surface area contributed by atoms with Gasteiger partial charge in [-0.3, -0.25) is 0 Å². The van der Waals surface area contributed by atoms with E-state index in [0.717, 1.165) is 12.5 Å². The molecule has 2 aliphatic rings. The van der Waals surface area contributed by atoms with E-state index in [1.54, 1.807) is 0 Å². The van der Waals surface area contributed by atoms with Crippen molar-refractivity contribution in [1.82, 2.24) is 4.90 Å². The van der Waals surface area contributed by atoms with Crippen LogP contribution in [0.1, 0.15) is 64.7 Å². The van der Waals surface area contributed by atoms with Crippen molar-refractivity contribution in [2.24, 2.45) is 11.7 Å². The maximum absolute atomic E-state index is 6.54. The van der Waals surface area contributed by atoms with E-state index < -0.39 is 0 Å². The zero-order chi connectivity index (χ0) is 12.1. The Labute approximate surface area is 107 Å². The molecule has 2 heteroatoms. The monoisotopic (exact) mass is 238 g/mol. The second-order valence-electron chi connectivity index (χ2n) is 6.43. The Bertz CT molecular complexity index is 213. The summed E-state index contributed by atoms with van der Waals surface area (Å²) in [4.78, 5) is 2.64. The van der Waals surface area contributed by atoms with Gasteiger partial charge in [0.05, 0.1) is 0 Å². The Hall–Kier alpha value is -0.0800. The number of hydrogen-bond donors (Lipinski definition) is 1. The molecule has 0 spiro atoms. The fourth-order valence-corrected chi connectivity index (χ4v) is 3.70. The minimum atomic E-state index is 0.149. The van der Waals surface area contributed by atoms with Gasteiger partial charge in [-0.25, -0.2) is 0 Å². The van der Waals surface area contributed by atoms with Crippen LogP contribution in [0.2, 0.25) is 0 Å². The Morgan fingerprint density at radius 3 is 2.35 bits per heavy atom. The van der Waals surface area contributed by atoms with E-state index in [1.807, 2.05) is 0 Å². The number of piperidine rings is 1. The molecule has 0 bridgehead atoms. The molecule has 1 aliphatic heterocycles. The van der Waals surface area contributed by atoms with Crippen LogP contribution in [0.4, 0.5) is 0 Å². The van der Waals surface area contributed by atoms with Crippen molar-refractivity contribution in [2.45, 2.75) is 70.3 Å². The van der Waals surface area contributed by atoms with E-state index >= 15 is 0 Å². The lowest BCUT2D eigenvalue weighted by Crippen LogP contribution is -2.52. The molecule has 1 saturated carbocycles. The molecule has 0 unspecified atom stereocenters. The van der Waals surface area contributed by atoms with E-state index in [4.69, 9.17) is 5.73 Å². The SMILES string of the molecule is CCCC1CCN(CC2(N)CCCCC2)CC1. The predicted octanol–water partition coefficient (Wildman–Crippen LogP) is 3.16. The van der Waals surface area contributed by atoms with Crippen molar-refractivity contribution < 1.29 is 0 Å². The van der Waals surface area contributed by atoms with Gasteiger partial charge in [-0.15, -0.1) is 0 Å². The predicted molar refractivity (Wildman–Crippen MR) is 74.1 cm³/mol. The summed E-state index contributed by atoms with van der Waals surface area (Å²) in [5.74, 6) is 0.997. The molecule has 2 N–H and O–H groups in total. The molecule has 0 amide bonds. The molecule has 2 fully saturated rings. The molecule has 100 valence electrons. The molecule has 17 heavy (non-hydrogen) atoms. The molecule has 1 aliphatic carbocycles. The molecule has 0 radical (unpaired) electrons. The summed E-state index contributed by atoms with van der Waals surface area (Å²) in [7, 11) is 0. The molecule has 2 nitrogen and oxygen atoms in total. The van der Waals surface area contributed by atoms with Crippen LogP contribution >= 0.6 is 0 Å². The summed E-state index contributed by atoms with van der Waals surface area (Å²) in [5, 5.41) is 0. The van der Waals surface area contributed by atoms with Crippen molar-refractivity contribution in [3.63, 3.8) is 0 Å². The highest BCUT2D eigenvalue weighted by Gasteiger charge is 2.30. The number of rotatable bonds is 4. The standard InChI is InChI=1S/C15H30N2/c1-2-6-14-7-11-17(12-8-14)13-15(16)9-4-3-5-10-15/h14H,2-13,16H2,1H3. The van der Waals surface area contributed by atoms with Crippen LogP contribution in [0.5, 0.6) is 0 Å². The topological polar surface area (TPSA) is 29.3 Å². The van der Waals surface area contributed by atoms with E-state index in [0.29, 0.717) is 0 Å². The first kappa shape index (κ1) is 13.4. The van der Waals surface area contributed by atoms with Crippen LogP contribution in [0.3, 0.4) is 0 Å². The lowest BCUT2D eigenvalue weighted by atomic mass is 9.81. The van der Waals surface area contributed by atoms with Gasteiger partial charge in [-0.1, -0.05) is 39.0 Å². The minimum Gasteiger partial charge on any atom is -0.324 e. The quantitative estimate of drug-likeness (QED) is 0.815. The summed E-state index contributed by atoms with van der Waals surface area (Å²) in [5.41, 5.74) is 6.69. The van der Waals surface area contributed by atoms with Gasteiger partial charge in [0.1, 0.15) is 0 Å². The first-order chi connectivity index (χ1) is 8.22. The van der Waals surface area contributed by atoms with E-state index in [1.165, 1.54) is 70.9 Å². The average Bonchev–Trinajstić information content (AvgIpc) is 2.33. The third-order valence-electron chi connectivity index (χ3n) is 4.79. The highest BCUT2D eigenvalue weighted by atomic mass is 15.1. The highest BCUT2D eigenvalue weighted by molar-refractivity contribution is 4.91. The maximum Gasteiger partial charge on any atom is 0.0283 e. The van der Waals surface area contributed by atoms with Gasteiger partial charge >= 0.3 is 0 Å². The zero-order valence-electron chi connectivity index (χ0n) is 11.6. The molecule has 0 atom stereocenters. The van der Waals surface area contributed by atoms with Crippen molar-refractivity contribution in [3.8, 4) is 0 Å². The number of nitrogens with two attached hydrogens (primary N) is 1. The normalized spacial score (nSPS) is 27.2. The summed E-state index contributed by atoms with van der Waals surface area (Å²) in [6.07, 6.45) is 12.2. The summed E-state index contributed by atoms with van der Waals surface area (Å²) >= 11 is 0. The van der Waals surface area contributed by atoms with Crippen LogP contribution in [0.25, 0.3) is 0 Å². The molecule has 1 heterocycles. The van der Waals surface area contributed by atoms with Gasteiger partial charge in [0.2, 0.25) is 0 Å². The first-order valence-electron chi connectivity index (χ1n) is 7.73. The largest absolute Gasteiger partial charge is 0.324 e. The second kappa shape index (κ2) is 6.19. The number of nitrogens with zero attached hydrogens (tertiary/aromatic N) is 1. The lowest BCUT2D eigenvalue weighted by Gasteiger charge is -2.41. The fraction of sp³-hybridized carbons (Fsp3) is 1.00. The zero-order valence-corrected chi connectivity index (χ0v) is 11.6. The van der Waals surface area contributed by atoms with Gasteiger partial charge in [0.25, 0.3) is 0 Å². The highest BCUT2D eigenvalue weighted by Crippen LogP contribution is 2.29. The molecular weight excluding hydrogens is 208 g/mol. The van der Waals surface area contributed by atoms with Crippen LogP contribution in [0.15, 0.2) is 0 Å². The van der Waals surface area contributed by atoms with E-state index in [9.17, 15) is 0 Å². The number of hydrogen-bond acceptors (Lipinski definition) is 2. The molecule has 2 rings (SSSR count). The van der Waals surface area contributed by atoms with E-state index in [-0.39, 0.29) is 5.54 Å². The third-order valence-corrected chi connectivity index (χ3v) is 4.79. The van der Waals surface area contributed by atoms with Crippen molar-refractivity contribution in [1.29, 1.82) is 0 Å². The summed E-state index contributed by atoms with van der Waals surface area (Å²) in [6, 6.07) is 0. The van der Waals surface area contributed by atoms with Gasteiger partial charge in [-0.05, 0) is 44.7 Å². The molecule has 1 saturated heterocycles. The van der Waals surface area contributed by atoms with Crippen molar-refractivity contribution in [2.75, 3.05) is 19.6 Å². The Morgan fingerprint density at radius 2 is 1.76 bits per heavy atom. The van der Waals surface area contributed by atoms with Gasteiger partial charge < -0.3 is 10.6 Å². The molecular formula is C15H30N2. The second-order valence-corrected chi connectivity index (χ2v) is 6.43. The summed E-state index contributed by atoms with van der Waals surface area (Å²) < 4.78 is 0. The Morgan fingerprint density at radius 1 is 1.12 bits per heavy atom.